The summed E-state index contributed by atoms with van der Waals surface area (Å²) in [5.74, 6) is 0.895. The molecule has 1 saturated carbocycles. The van der Waals surface area contributed by atoms with E-state index in [1.54, 1.807) is 7.11 Å². The van der Waals surface area contributed by atoms with Crippen LogP contribution in [0.15, 0.2) is 34.9 Å². The van der Waals surface area contributed by atoms with E-state index in [2.05, 4.69) is 14.7 Å². The summed E-state index contributed by atoms with van der Waals surface area (Å²) in [6.07, 6.45) is 2.33. The number of hydrogen-bond donors (Lipinski definition) is 0. The third-order valence-electron chi connectivity index (χ3n) is 4.76. The number of carbonyl (C=O) groups excluding carboxylic acids is 1. The Hall–Kier alpha value is -3.09. The minimum Gasteiger partial charge on any atom is -0.496 e. The molecule has 1 fully saturated rings. The highest BCUT2D eigenvalue weighted by molar-refractivity contribution is 5.91. The van der Waals surface area contributed by atoms with Gasteiger partial charge in [-0.25, -0.2) is 4.79 Å². The minimum absolute atomic E-state index is 0.0753. The number of para-hydroxylation sites is 1. The second kappa shape index (κ2) is 6.90. The van der Waals surface area contributed by atoms with E-state index in [9.17, 15) is 4.79 Å². The average molecular weight is 367 g/mol. The molecule has 4 rings (SSSR count). The second-order valence-corrected chi connectivity index (χ2v) is 6.67. The maximum absolute atomic E-state index is 12.5. The van der Waals surface area contributed by atoms with E-state index in [1.807, 2.05) is 44.2 Å². The Kier molecular flexibility index (Phi) is 4.43. The molecule has 0 aliphatic heterocycles. The van der Waals surface area contributed by atoms with Crippen LogP contribution in [-0.2, 0) is 11.3 Å². The SMILES string of the molecule is COc1ccccc1-c1noc(COC(=O)c2cc(C)n(C3CC3)c2C)n1. The van der Waals surface area contributed by atoms with Crippen molar-refractivity contribution >= 4 is 5.97 Å². The largest absolute Gasteiger partial charge is 0.496 e. The number of ether oxygens (including phenoxy) is 2. The molecule has 7 nitrogen and oxygen atoms in total. The average Bonchev–Trinajstić information content (AvgIpc) is 3.31. The molecule has 0 amide bonds. The quantitative estimate of drug-likeness (QED) is 0.616. The predicted octanol–water partition coefficient (Wildman–Crippen LogP) is 3.86. The van der Waals surface area contributed by atoms with E-state index >= 15 is 0 Å². The Balaban J connectivity index is 1.46. The minimum atomic E-state index is -0.382. The third kappa shape index (κ3) is 3.32. The molecule has 0 bridgehead atoms. The van der Waals surface area contributed by atoms with Crippen molar-refractivity contribution in [3.05, 3.63) is 53.2 Å². The van der Waals surface area contributed by atoms with Gasteiger partial charge in [-0.3, -0.25) is 0 Å². The van der Waals surface area contributed by atoms with Crippen LogP contribution in [0.4, 0.5) is 0 Å². The van der Waals surface area contributed by atoms with Crippen molar-refractivity contribution < 1.29 is 18.8 Å². The molecule has 0 spiro atoms. The van der Waals surface area contributed by atoms with Crippen molar-refractivity contribution in [3.63, 3.8) is 0 Å². The van der Waals surface area contributed by atoms with Crippen LogP contribution in [0, 0.1) is 13.8 Å². The summed E-state index contributed by atoms with van der Waals surface area (Å²) < 4.78 is 18.1. The Bertz CT molecular complexity index is 985. The monoisotopic (exact) mass is 367 g/mol. The molecule has 0 saturated heterocycles. The lowest BCUT2D eigenvalue weighted by atomic mass is 10.2. The number of carbonyl (C=O) groups is 1. The van der Waals surface area contributed by atoms with Crippen LogP contribution < -0.4 is 4.74 Å². The maximum atomic E-state index is 12.5. The van der Waals surface area contributed by atoms with Crippen molar-refractivity contribution in [1.82, 2.24) is 14.7 Å². The summed E-state index contributed by atoms with van der Waals surface area (Å²) in [4.78, 5) is 16.8. The molecule has 0 unspecified atom stereocenters. The zero-order chi connectivity index (χ0) is 19.0. The first kappa shape index (κ1) is 17.3. The van der Waals surface area contributed by atoms with Crippen molar-refractivity contribution in [2.45, 2.75) is 39.3 Å². The number of methoxy groups -OCH3 is 1. The van der Waals surface area contributed by atoms with E-state index in [4.69, 9.17) is 14.0 Å². The lowest BCUT2D eigenvalue weighted by Crippen LogP contribution is -2.07. The van der Waals surface area contributed by atoms with E-state index in [0.29, 0.717) is 28.7 Å². The number of esters is 1. The number of aromatic nitrogens is 3. The van der Waals surface area contributed by atoms with Crippen LogP contribution in [0.2, 0.25) is 0 Å². The molecular weight excluding hydrogens is 346 g/mol. The van der Waals surface area contributed by atoms with E-state index in [0.717, 1.165) is 11.4 Å². The van der Waals surface area contributed by atoms with Crippen LogP contribution in [0.3, 0.4) is 0 Å². The predicted molar refractivity (Wildman–Crippen MR) is 97.6 cm³/mol. The molecule has 2 aromatic heterocycles. The standard InChI is InChI=1S/C20H21N3O4/c1-12-10-16(13(2)23(12)14-8-9-14)20(24)26-11-18-21-19(22-27-18)15-6-4-5-7-17(15)25-3/h4-7,10,14H,8-9,11H2,1-3H3. The Morgan fingerprint density at radius 3 is 2.81 bits per heavy atom. The first-order valence-electron chi connectivity index (χ1n) is 8.90. The summed E-state index contributed by atoms with van der Waals surface area (Å²) in [5, 5.41) is 3.95. The number of aryl methyl sites for hydroxylation is 1. The van der Waals surface area contributed by atoms with Gasteiger partial charge in [-0.1, -0.05) is 17.3 Å². The molecule has 2 heterocycles. The summed E-state index contributed by atoms with van der Waals surface area (Å²) in [6, 6.07) is 9.79. The molecule has 27 heavy (non-hydrogen) atoms. The van der Waals surface area contributed by atoms with Gasteiger partial charge in [0.15, 0.2) is 6.61 Å². The fourth-order valence-corrected chi connectivity index (χ4v) is 3.34. The van der Waals surface area contributed by atoms with Gasteiger partial charge in [0, 0.05) is 17.4 Å². The van der Waals surface area contributed by atoms with Gasteiger partial charge in [-0.2, -0.15) is 4.98 Å². The van der Waals surface area contributed by atoms with Gasteiger partial charge in [0.1, 0.15) is 5.75 Å². The second-order valence-electron chi connectivity index (χ2n) is 6.67. The van der Waals surface area contributed by atoms with Crippen LogP contribution >= 0.6 is 0 Å². The van der Waals surface area contributed by atoms with E-state index in [1.165, 1.54) is 12.8 Å². The van der Waals surface area contributed by atoms with Crippen LogP contribution in [0.25, 0.3) is 11.4 Å². The van der Waals surface area contributed by atoms with Gasteiger partial charge in [-0.05, 0) is 44.9 Å². The summed E-state index contributed by atoms with van der Waals surface area (Å²) in [7, 11) is 1.58. The fourth-order valence-electron chi connectivity index (χ4n) is 3.34. The number of nitrogens with zero attached hydrogens (tertiary/aromatic N) is 3. The fraction of sp³-hybridized carbons (Fsp3) is 0.350. The number of rotatable bonds is 6. The maximum Gasteiger partial charge on any atom is 0.340 e. The molecule has 7 heteroatoms. The number of benzene rings is 1. The van der Waals surface area contributed by atoms with Gasteiger partial charge >= 0.3 is 5.97 Å². The van der Waals surface area contributed by atoms with Crippen molar-refractivity contribution in [1.29, 1.82) is 0 Å². The topological polar surface area (TPSA) is 79.4 Å². The number of hydrogen-bond acceptors (Lipinski definition) is 6. The highest BCUT2D eigenvalue weighted by atomic mass is 16.6. The summed E-state index contributed by atoms with van der Waals surface area (Å²) in [5.41, 5.74) is 3.33. The lowest BCUT2D eigenvalue weighted by molar-refractivity contribution is 0.0429. The van der Waals surface area contributed by atoms with Gasteiger partial charge in [-0.15, -0.1) is 0 Å². The first-order valence-corrected chi connectivity index (χ1v) is 8.90. The Morgan fingerprint density at radius 1 is 1.30 bits per heavy atom. The van der Waals surface area contributed by atoms with Crippen LogP contribution in [0.1, 0.15) is 46.5 Å². The molecule has 1 aliphatic rings. The van der Waals surface area contributed by atoms with Crippen LogP contribution in [0.5, 0.6) is 5.75 Å². The molecule has 3 aromatic rings. The zero-order valence-electron chi connectivity index (χ0n) is 15.6. The third-order valence-corrected chi connectivity index (χ3v) is 4.76. The molecular formula is C20H21N3O4. The van der Waals surface area contributed by atoms with Crippen LogP contribution in [-0.4, -0.2) is 27.8 Å². The van der Waals surface area contributed by atoms with Gasteiger partial charge in [0.2, 0.25) is 5.82 Å². The summed E-state index contributed by atoms with van der Waals surface area (Å²) in [6.45, 7) is 3.89. The van der Waals surface area contributed by atoms with Gasteiger partial charge in [0.05, 0.1) is 18.2 Å². The highest BCUT2D eigenvalue weighted by Crippen LogP contribution is 2.38. The lowest BCUT2D eigenvalue weighted by Gasteiger charge is -2.07. The van der Waals surface area contributed by atoms with E-state index < -0.39 is 0 Å². The molecule has 0 N–H and O–H groups in total. The molecule has 1 aromatic carbocycles. The zero-order valence-corrected chi connectivity index (χ0v) is 15.6. The molecule has 140 valence electrons. The van der Waals surface area contributed by atoms with E-state index in [-0.39, 0.29) is 18.5 Å². The van der Waals surface area contributed by atoms with Crippen molar-refractivity contribution in [2.24, 2.45) is 0 Å². The van der Waals surface area contributed by atoms with Gasteiger partial charge in [0.25, 0.3) is 5.89 Å². The van der Waals surface area contributed by atoms with Crippen molar-refractivity contribution in [3.8, 4) is 17.1 Å². The molecule has 0 atom stereocenters. The smallest absolute Gasteiger partial charge is 0.340 e. The molecule has 0 radical (unpaired) electrons. The van der Waals surface area contributed by atoms with Crippen molar-refractivity contribution in [2.75, 3.05) is 7.11 Å². The molecule has 1 aliphatic carbocycles. The highest BCUT2D eigenvalue weighted by Gasteiger charge is 2.29. The van der Waals surface area contributed by atoms with Gasteiger partial charge < -0.3 is 18.6 Å². The summed E-state index contributed by atoms with van der Waals surface area (Å²) >= 11 is 0. The normalized spacial score (nSPS) is 13.6. The Labute approximate surface area is 156 Å². The Morgan fingerprint density at radius 2 is 2.07 bits per heavy atom. The first-order chi connectivity index (χ1) is 13.1.